The topological polar surface area (TPSA) is 82.5 Å². The minimum Gasteiger partial charge on any atom is -0.334 e. The molecule has 0 aliphatic carbocycles. The van der Waals surface area contributed by atoms with E-state index in [4.69, 9.17) is 4.52 Å². The van der Waals surface area contributed by atoms with Gasteiger partial charge in [0, 0.05) is 10.4 Å². The minimum atomic E-state index is 0.522. The van der Waals surface area contributed by atoms with Gasteiger partial charge in [-0.15, -0.1) is 16.4 Å². The molecule has 0 atom stereocenters. The van der Waals surface area contributed by atoms with Gasteiger partial charge in [-0.3, -0.25) is 0 Å². The SMILES string of the molecule is Cc1ccc(-c2nc(CSc3nnnn3Cc3cccs3)no2)cc1. The van der Waals surface area contributed by atoms with E-state index in [1.165, 1.54) is 22.2 Å². The van der Waals surface area contributed by atoms with E-state index < -0.39 is 0 Å². The van der Waals surface area contributed by atoms with Gasteiger partial charge in [-0.05, 0) is 40.9 Å². The third-order valence-corrected chi connectivity index (χ3v) is 5.30. The highest BCUT2D eigenvalue weighted by Crippen LogP contribution is 2.23. The summed E-state index contributed by atoms with van der Waals surface area (Å²) in [5.74, 6) is 1.68. The molecule has 0 radical (unpaired) electrons. The molecule has 0 aliphatic heterocycles. The average molecular weight is 370 g/mol. The number of benzene rings is 1. The first-order valence-corrected chi connectivity index (χ1v) is 9.45. The molecule has 0 spiro atoms. The largest absolute Gasteiger partial charge is 0.334 e. The van der Waals surface area contributed by atoms with Crippen molar-refractivity contribution in [3.8, 4) is 11.5 Å². The summed E-state index contributed by atoms with van der Waals surface area (Å²) in [5, 5.41) is 18.7. The summed E-state index contributed by atoms with van der Waals surface area (Å²) in [7, 11) is 0. The summed E-state index contributed by atoms with van der Waals surface area (Å²) in [6.07, 6.45) is 0. The van der Waals surface area contributed by atoms with Gasteiger partial charge in [0.1, 0.15) is 0 Å². The van der Waals surface area contributed by atoms with Gasteiger partial charge in [0.2, 0.25) is 5.16 Å². The molecule has 3 heterocycles. The summed E-state index contributed by atoms with van der Waals surface area (Å²) in [6.45, 7) is 2.70. The summed E-state index contributed by atoms with van der Waals surface area (Å²) >= 11 is 3.17. The quantitative estimate of drug-likeness (QED) is 0.481. The highest BCUT2D eigenvalue weighted by Gasteiger charge is 2.12. The van der Waals surface area contributed by atoms with Gasteiger partial charge in [-0.25, -0.2) is 4.68 Å². The monoisotopic (exact) mass is 370 g/mol. The zero-order valence-electron chi connectivity index (χ0n) is 13.4. The summed E-state index contributed by atoms with van der Waals surface area (Å²) in [6, 6.07) is 12.1. The second kappa shape index (κ2) is 7.16. The van der Waals surface area contributed by atoms with E-state index in [2.05, 4.69) is 31.7 Å². The smallest absolute Gasteiger partial charge is 0.257 e. The maximum atomic E-state index is 5.34. The Hall–Kier alpha value is -2.52. The lowest BCUT2D eigenvalue weighted by Gasteiger charge is -2.00. The molecule has 0 amide bonds. The zero-order chi connectivity index (χ0) is 17.1. The molecule has 9 heteroatoms. The van der Waals surface area contributed by atoms with Crippen LogP contribution in [0, 0.1) is 6.92 Å². The van der Waals surface area contributed by atoms with Crippen molar-refractivity contribution in [3.63, 3.8) is 0 Å². The molecule has 0 bridgehead atoms. The van der Waals surface area contributed by atoms with E-state index in [0.717, 1.165) is 10.7 Å². The summed E-state index contributed by atoms with van der Waals surface area (Å²) < 4.78 is 7.12. The lowest BCUT2D eigenvalue weighted by Crippen LogP contribution is -2.02. The maximum Gasteiger partial charge on any atom is 0.257 e. The highest BCUT2D eigenvalue weighted by molar-refractivity contribution is 7.98. The molecular formula is C16H14N6OS2. The van der Waals surface area contributed by atoms with Crippen LogP contribution < -0.4 is 0 Å². The fraction of sp³-hybridized carbons (Fsp3) is 0.188. The highest BCUT2D eigenvalue weighted by atomic mass is 32.2. The second-order valence-corrected chi connectivity index (χ2v) is 7.34. The number of rotatable bonds is 6. The number of nitrogens with zero attached hydrogens (tertiary/aromatic N) is 6. The molecule has 3 aromatic heterocycles. The zero-order valence-corrected chi connectivity index (χ0v) is 15.0. The van der Waals surface area contributed by atoms with Crippen molar-refractivity contribution in [1.29, 1.82) is 0 Å². The van der Waals surface area contributed by atoms with E-state index >= 15 is 0 Å². The molecule has 7 nitrogen and oxygen atoms in total. The van der Waals surface area contributed by atoms with E-state index in [9.17, 15) is 0 Å². The Kier molecular flexibility index (Phi) is 4.57. The van der Waals surface area contributed by atoms with Crippen LogP contribution in [-0.2, 0) is 12.3 Å². The van der Waals surface area contributed by atoms with Crippen molar-refractivity contribution in [3.05, 3.63) is 58.0 Å². The van der Waals surface area contributed by atoms with E-state index in [-0.39, 0.29) is 0 Å². The number of aromatic nitrogens is 6. The van der Waals surface area contributed by atoms with Crippen LogP contribution in [0.25, 0.3) is 11.5 Å². The second-order valence-electron chi connectivity index (χ2n) is 5.37. The first kappa shape index (κ1) is 16.0. The van der Waals surface area contributed by atoms with Crippen LogP contribution in [0.2, 0.25) is 0 Å². The number of hydrogen-bond acceptors (Lipinski definition) is 8. The number of aryl methyl sites for hydroxylation is 1. The fourth-order valence-electron chi connectivity index (χ4n) is 2.20. The first-order chi connectivity index (χ1) is 12.3. The Labute approximate surface area is 152 Å². The standard InChI is InChI=1S/C16H14N6OS2/c1-11-4-6-12(7-5-11)15-17-14(19-23-15)10-25-16-18-20-21-22(16)9-13-3-2-8-24-13/h2-8H,9-10H2,1H3. The number of thioether (sulfide) groups is 1. The number of thiophene rings is 1. The Morgan fingerprint density at radius 3 is 2.88 bits per heavy atom. The third kappa shape index (κ3) is 3.77. The van der Waals surface area contributed by atoms with Crippen molar-refractivity contribution in [2.45, 2.75) is 24.4 Å². The van der Waals surface area contributed by atoms with Crippen LogP contribution in [0.1, 0.15) is 16.3 Å². The van der Waals surface area contributed by atoms with Crippen molar-refractivity contribution in [1.82, 2.24) is 30.3 Å². The first-order valence-electron chi connectivity index (χ1n) is 7.59. The Morgan fingerprint density at radius 1 is 1.20 bits per heavy atom. The van der Waals surface area contributed by atoms with Gasteiger partial charge in [0.25, 0.3) is 5.89 Å². The van der Waals surface area contributed by atoms with Crippen LogP contribution in [0.15, 0.2) is 51.5 Å². The van der Waals surface area contributed by atoms with Gasteiger partial charge in [0.15, 0.2) is 5.82 Å². The van der Waals surface area contributed by atoms with Crippen LogP contribution in [0.3, 0.4) is 0 Å². The molecule has 126 valence electrons. The molecular weight excluding hydrogens is 356 g/mol. The van der Waals surface area contributed by atoms with Crippen LogP contribution >= 0.6 is 23.1 Å². The Bertz CT molecular complexity index is 945. The lowest BCUT2D eigenvalue weighted by molar-refractivity contribution is 0.425. The lowest BCUT2D eigenvalue weighted by atomic mass is 10.1. The van der Waals surface area contributed by atoms with Gasteiger partial charge in [0.05, 0.1) is 12.3 Å². The predicted molar refractivity (Wildman–Crippen MR) is 95.3 cm³/mol. The van der Waals surface area contributed by atoms with E-state index in [1.54, 1.807) is 16.0 Å². The molecule has 0 saturated carbocycles. The van der Waals surface area contributed by atoms with Crippen LogP contribution in [-0.4, -0.2) is 30.3 Å². The molecule has 4 rings (SSSR count). The molecule has 0 unspecified atom stereocenters. The normalized spacial score (nSPS) is 11.1. The van der Waals surface area contributed by atoms with E-state index in [0.29, 0.717) is 24.0 Å². The Morgan fingerprint density at radius 2 is 2.08 bits per heavy atom. The van der Waals surface area contributed by atoms with Gasteiger partial charge >= 0.3 is 0 Å². The number of tetrazole rings is 1. The van der Waals surface area contributed by atoms with Crippen LogP contribution in [0.5, 0.6) is 0 Å². The molecule has 1 aromatic carbocycles. The fourth-order valence-corrected chi connectivity index (χ4v) is 3.61. The molecule has 4 aromatic rings. The number of hydrogen-bond donors (Lipinski definition) is 0. The van der Waals surface area contributed by atoms with Gasteiger partial charge in [-0.2, -0.15) is 4.98 Å². The van der Waals surface area contributed by atoms with Crippen molar-refractivity contribution < 1.29 is 4.52 Å². The van der Waals surface area contributed by atoms with Crippen molar-refractivity contribution in [2.24, 2.45) is 0 Å². The molecule has 25 heavy (non-hydrogen) atoms. The molecule has 0 aliphatic rings. The molecule has 0 N–H and O–H groups in total. The summed E-state index contributed by atoms with van der Waals surface area (Å²) in [4.78, 5) is 5.64. The van der Waals surface area contributed by atoms with Crippen LogP contribution in [0.4, 0.5) is 0 Å². The average Bonchev–Trinajstić information content (AvgIpc) is 3.36. The third-order valence-electron chi connectivity index (χ3n) is 3.48. The van der Waals surface area contributed by atoms with Gasteiger partial charge < -0.3 is 4.52 Å². The molecule has 0 saturated heterocycles. The van der Waals surface area contributed by atoms with Crippen molar-refractivity contribution >= 4 is 23.1 Å². The summed E-state index contributed by atoms with van der Waals surface area (Å²) in [5.41, 5.74) is 2.11. The predicted octanol–water partition coefficient (Wildman–Crippen LogP) is 3.43. The Balaban J connectivity index is 1.42. The minimum absolute atomic E-state index is 0.522. The van der Waals surface area contributed by atoms with Gasteiger partial charge in [-0.1, -0.05) is 40.7 Å². The van der Waals surface area contributed by atoms with E-state index in [1.807, 2.05) is 42.6 Å². The van der Waals surface area contributed by atoms with Crippen molar-refractivity contribution in [2.75, 3.05) is 0 Å². The molecule has 0 fully saturated rings. The maximum absolute atomic E-state index is 5.34.